The van der Waals surface area contributed by atoms with Gasteiger partial charge in [0.05, 0.1) is 72.7 Å². The molecule has 2 heterocycles. The van der Waals surface area contributed by atoms with Crippen molar-refractivity contribution in [1.29, 1.82) is 10.5 Å². The fourth-order valence-electron chi connectivity index (χ4n) is 9.84. The molecule has 2 aliphatic rings. The first-order valence-electron chi connectivity index (χ1n) is 21.9. The standard InChI is InChI=1S/C55H27F15N4/c56-51(57,58)32-12-17-34(43(24-32)54(65,66)67)29-10-15-39-37-5-1-3-7-45(37)73(47(39)20-29)49-22-31(36-14-9-28(26-71)19-42(36)53(62,63)64)23-50(41(49)27-72)74-46-8-4-2-6-38(46)40-16-11-30(21-48(40)74)35-18-13-33(52(59,60)61)25-44(35)55(68,69)70/h1-5,7-17,19-25H,6,18H2. The maximum absolute atomic E-state index is 15.2. The Kier molecular flexibility index (Phi) is 11.3. The van der Waals surface area contributed by atoms with E-state index in [0.717, 1.165) is 12.1 Å². The van der Waals surface area contributed by atoms with Crippen LogP contribution in [0.2, 0.25) is 0 Å². The SMILES string of the molecule is N#Cc1ccc(-c2cc(-n3c4c(c5ccc(=C6CC=C(C(F)(F)F)C=C6C(F)(F)F)cc53)CC=CC=4)c(C#N)c(-n3c4ccccc4c4ccc(-c5ccc(C(F)(F)F)cc5C(F)(F)F)cc43)c2)c(C(F)(F)F)c1. The molecule has 0 saturated heterocycles. The lowest BCUT2D eigenvalue weighted by atomic mass is 9.91. The van der Waals surface area contributed by atoms with Crippen LogP contribution in [0.3, 0.4) is 0 Å². The number of alkyl halides is 15. The van der Waals surface area contributed by atoms with Crippen molar-refractivity contribution in [3.63, 3.8) is 0 Å². The maximum atomic E-state index is 15.2. The molecule has 372 valence electrons. The van der Waals surface area contributed by atoms with Crippen LogP contribution in [0.15, 0.2) is 145 Å². The Morgan fingerprint density at radius 2 is 1.14 bits per heavy atom. The highest BCUT2D eigenvalue weighted by molar-refractivity contribution is 6.10. The molecule has 0 aliphatic heterocycles. The number of benzene rings is 6. The summed E-state index contributed by atoms with van der Waals surface area (Å²) < 4.78 is 219. The first-order valence-corrected chi connectivity index (χ1v) is 21.9. The molecule has 0 unspecified atom stereocenters. The summed E-state index contributed by atoms with van der Waals surface area (Å²) in [6.07, 6.45) is -21.0. The fraction of sp³-hybridized carbons (Fsp3) is 0.127. The second-order valence-corrected chi connectivity index (χ2v) is 17.3. The zero-order valence-electron chi connectivity index (χ0n) is 37.2. The number of rotatable bonds is 4. The second-order valence-electron chi connectivity index (χ2n) is 17.3. The summed E-state index contributed by atoms with van der Waals surface area (Å²) in [5, 5.41) is 22.3. The van der Waals surface area contributed by atoms with Gasteiger partial charge in [-0.1, -0.05) is 72.8 Å². The zero-order chi connectivity index (χ0) is 53.0. The molecule has 0 atom stereocenters. The smallest absolute Gasteiger partial charge is 0.308 e. The summed E-state index contributed by atoms with van der Waals surface area (Å²) in [5.41, 5.74) is -9.95. The molecule has 0 fully saturated rings. The monoisotopic (exact) mass is 1030 g/mol. The van der Waals surface area contributed by atoms with Crippen molar-refractivity contribution in [3.05, 3.63) is 189 Å². The summed E-state index contributed by atoms with van der Waals surface area (Å²) in [5.74, 6) is 0. The van der Waals surface area contributed by atoms with Gasteiger partial charge in [-0.2, -0.15) is 76.4 Å². The van der Waals surface area contributed by atoms with Crippen LogP contribution >= 0.6 is 0 Å². The molecular formula is C55H27F15N4. The van der Waals surface area contributed by atoms with E-state index in [1.807, 2.05) is 0 Å². The molecule has 10 rings (SSSR count). The van der Waals surface area contributed by atoms with Crippen molar-refractivity contribution in [2.75, 3.05) is 0 Å². The summed E-state index contributed by atoms with van der Waals surface area (Å²) in [7, 11) is 0. The molecule has 0 bridgehead atoms. The van der Waals surface area contributed by atoms with Crippen LogP contribution in [0.25, 0.3) is 78.0 Å². The number of hydrogen-bond acceptors (Lipinski definition) is 2. The summed E-state index contributed by atoms with van der Waals surface area (Å²) >= 11 is 0. The third-order valence-corrected chi connectivity index (χ3v) is 13.1. The molecule has 2 aliphatic carbocycles. The first kappa shape index (κ1) is 49.1. The number of para-hydroxylation sites is 1. The van der Waals surface area contributed by atoms with Crippen LogP contribution in [-0.2, 0) is 24.9 Å². The van der Waals surface area contributed by atoms with Crippen molar-refractivity contribution >= 4 is 44.4 Å². The Morgan fingerprint density at radius 3 is 1.80 bits per heavy atom. The molecular weight excluding hydrogens is 1000 g/mol. The van der Waals surface area contributed by atoms with E-state index in [1.54, 1.807) is 48.6 Å². The van der Waals surface area contributed by atoms with E-state index in [9.17, 15) is 63.2 Å². The number of hydrogen-bond donors (Lipinski definition) is 0. The van der Waals surface area contributed by atoms with Crippen molar-refractivity contribution in [3.8, 4) is 45.8 Å². The highest BCUT2D eigenvalue weighted by atomic mass is 19.4. The van der Waals surface area contributed by atoms with E-state index >= 15 is 13.2 Å². The summed E-state index contributed by atoms with van der Waals surface area (Å²) in [6, 6.07) is 24.3. The predicted octanol–water partition coefficient (Wildman–Crippen LogP) is 15.3. The summed E-state index contributed by atoms with van der Waals surface area (Å²) in [6.45, 7) is 0. The zero-order valence-corrected chi connectivity index (χ0v) is 37.2. The van der Waals surface area contributed by atoms with E-state index in [4.69, 9.17) is 0 Å². The molecule has 0 amide bonds. The fourth-order valence-corrected chi connectivity index (χ4v) is 9.84. The number of allylic oxidation sites excluding steroid dienone is 6. The van der Waals surface area contributed by atoms with Crippen LogP contribution in [-0.4, -0.2) is 21.5 Å². The van der Waals surface area contributed by atoms with Gasteiger partial charge in [0, 0.05) is 16.2 Å². The van der Waals surface area contributed by atoms with Gasteiger partial charge in [-0.3, -0.25) is 0 Å². The number of nitriles is 2. The maximum Gasteiger partial charge on any atom is 0.417 e. The lowest BCUT2D eigenvalue weighted by molar-refractivity contribution is -0.143. The normalized spacial score (nSPS) is 15.2. The highest BCUT2D eigenvalue weighted by Gasteiger charge is 2.43. The van der Waals surface area contributed by atoms with Crippen molar-refractivity contribution in [2.45, 2.75) is 43.7 Å². The van der Waals surface area contributed by atoms with Gasteiger partial charge >= 0.3 is 30.9 Å². The highest BCUT2D eigenvalue weighted by Crippen LogP contribution is 2.46. The van der Waals surface area contributed by atoms with Gasteiger partial charge in [0.15, 0.2) is 0 Å². The van der Waals surface area contributed by atoms with Crippen molar-refractivity contribution in [1.82, 2.24) is 9.13 Å². The Morgan fingerprint density at radius 1 is 0.500 bits per heavy atom. The van der Waals surface area contributed by atoms with Gasteiger partial charge in [0.1, 0.15) is 11.6 Å². The van der Waals surface area contributed by atoms with Crippen molar-refractivity contribution < 1.29 is 65.9 Å². The number of aromatic nitrogens is 2. The molecule has 0 spiro atoms. The third-order valence-electron chi connectivity index (χ3n) is 13.1. The van der Waals surface area contributed by atoms with Crippen LogP contribution < -0.4 is 10.6 Å². The van der Waals surface area contributed by atoms with Gasteiger partial charge in [0.25, 0.3) is 0 Å². The van der Waals surface area contributed by atoms with Crippen LogP contribution in [0.5, 0.6) is 0 Å². The molecule has 6 aromatic carbocycles. The lowest BCUT2D eigenvalue weighted by Gasteiger charge is -2.21. The Labute approximate surface area is 407 Å². The van der Waals surface area contributed by atoms with Gasteiger partial charge in [0.2, 0.25) is 0 Å². The minimum absolute atomic E-state index is 0.00277. The predicted molar refractivity (Wildman–Crippen MR) is 246 cm³/mol. The molecule has 19 heteroatoms. The van der Waals surface area contributed by atoms with E-state index in [1.165, 1.54) is 57.7 Å². The first-order chi connectivity index (χ1) is 34.8. The lowest BCUT2D eigenvalue weighted by Crippen LogP contribution is -2.23. The van der Waals surface area contributed by atoms with Crippen LogP contribution in [0.4, 0.5) is 65.9 Å². The average Bonchev–Trinajstić information content (AvgIpc) is 3.86. The van der Waals surface area contributed by atoms with Crippen LogP contribution in [0.1, 0.15) is 39.8 Å². The minimum Gasteiger partial charge on any atom is -0.308 e. The molecule has 4 nitrogen and oxygen atoms in total. The van der Waals surface area contributed by atoms with Gasteiger partial charge in [-0.15, -0.1) is 0 Å². The van der Waals surface area contributed by atoms with E-state index in [2.05, 4.69) is 6.07 Å². The minimum atomic E-state index is -5.31. The van der Waals surface area contributed by atoms with Crippen LogP contribution in [0, 0.1) is 22.7 Å². The molecule has 8 aromatic rings. The molecule has 0 radical (unpaired) electrons. The Hall–Kier alpha value is -8.45. The molecule has 2 aromatic heterocycles. The quantitative estimate of drug-likeness (QED) is 0.165. The molecule has 0 saturated carbocycles. The third kappa shape index (κ3) is 8.35. The van der Waals surface area contributed by atoms with E-state index in [0.29, 0.717) is 51.3 Å². The Balaban J connectivity index is 1.35. The summed E-state index contributed by atoms with van der Waals surface area (Å²) in [4.78, 5) is 0. The largest absolute Gasteiger partial charge is 0.417 e. The second kappa shape index (κ2) is 17.1. The average molecular weight is 1030 g/mol. The topological polar surface area (TPSA) is 57.4 Å². The van der Waals surface area contributed by atoms with Gasteiger partial charge in [-0.05, 0) is 118 Å². The Bertz CT molecular complexity index is 4020. The van der Waals surface area contributed by atoms with E-state index in [-0.39, 0.29) is 74.0 Å². The van der Waals surface area contributed by atoms with Crippen molar-refractivity contribution in [2.24, 2.45) is 0 Å². The number of nitrogens with zero attached hydrogens (tertiary/aromatic N) is 4. The van der Waals surface area contributed by atoms with Gasteiger partial charge in [-0.25, -0.2) is 0 Å². The molecule has 74 heavy (non-hydrogen) atoms. The van der Waals surface area contributed by atoms with E-state index < -0.39 is 81.8 Å². The number of fused-ring (bicyclic) bond motifs is 6. The number of halogens is 15. The molecule has 0 N–H and O–H groups in total. The van der Waals surface area contributed by atoms with Gasteiger partial charge < -0.3 is 9.13 Å².